The number of aromatic nitrogens is 2. The van der Waals surface area contributed by atoms with Gasteiger partial charge >= 0.3 is 0 Å². The summed E-state index contributed by atoms with van der Waals surface area (Å²) in [6.07, 6.45) is 4.54. The second-order valence-corrected chi connectivity index (χ2v) is 5.37. The van der Waals surface area contributed by atoms with Gasteiger partial charge in [0.15, 0.2) is 5.11 Å². The number of rotatable bonds is 5. The lowest BCUT2D eigenvalue weighted by Gasteiger charge is -2.14. The highest BCUT2D eigenvalue weighted by atomic mass is 32.1. The molecule has 0 fully saturated rings. The number of benzene rings is 1. The zero-order valence-electron chi connectivity index (χ0n) is 12.1. The van der Waals surface area contributed by atoms with Gasteiger partial charge in [0.25, 0.3) is 0 Å². The van der Waals surface area contributed by atoms with Gasteiger partial charge in [0.05, 0.1) is 18.4 Å². The molecule has 6 heteroatoms. The number of anilines is 1. The Kier molecular flexibility index (Phi) is 5.27. The second-order valence-electron chi connectivity index (χ2n) is 4.96. The predicted molar refractivity (Wildman–Crippen MR) is 86.8 cm³/mol. The van der Waals surface area contributed by atoms with Crippen molar-refractivity contribution in [3.63, 3.8) is 0 Å². The van der Waals surface area contributed by atoms with E-state index in [1.807, 2.05) is 12.3 Å². The van der Waals surface area contributed by atoms with E-state index in [-0.39, 0.29) is 5.82 Å². The summed E-state index contributed by atoms with van der Waals surface area (Å²) in [5.74, 6) is -0.239. The van der Waals surface area contributed by atoms with Crippen LogP contribution in [0.3, 0.4) is 0 Å². The third kappa shape index (κ3) is 4.82. The number of halogens is 1. The molecule has 1 aromatic heterocycles. The van der Waals surface area contributed by atoms with Gasteiger partial charge in [-0.15, -0.1) is 0 Å². The molecule has 0 bridgehead atoms. The molecule has 0 amide bonds. The first-order valence-corrected chi connectivity index (χ1v) is 7.32. The zero-order valence-corrected chi connectivity index (χ0v) is 13.0. The molecular formula is C15H19FN4S. The van der Waals surface area contributed by atoms with Gasteiger partial charge in [-0.2, -0.15) is 5.10 Å². The van der Waals surface area contributed by atoms with Crippen LogP contribution in [0.4, 0.5) is 10.1 Å². The van der Waals surface area contributed by atoms with Crippen LogP contribution in [0.5, 0.6) is 0 Å². The van der Waals surface area contributed by atoms with Gasteiger partial charge < -0.3 is 10.6 Å². The molecule has 0 saturated heterocycles. The molecule has 1 unspecified atom stereocenters. The molecule has 1 aromatic carbocycles. The van der Waals surface area contributed by atoms with Crippen LogP contribution in [0.2, 0.25) is 0 Å². The van der Waals surface area contributed by atoms with E-state index in [4.69, 9.17) is 12.2 Å². The Morgan fingerprint density at radius 3 is 3.00 bits per heavy atom. The smallest absolute Gasteiger partial charge is 0.171 e. The van der Waals surface area contributed by atoms with Gasteiger partial charge in [0.1, 0.15) is 5.82 Å². The molecule has 21 heavy (non-hydrogen) atoms. The Bertz CT molecular complexity index is 611. The summed E-state index contributed by atoms with van der Waals surface area (Å²) in [6.45, 7) is 4.68. The standard InChI is InChI=1S/C15H19FN4S/c1-3-11(2)18-15(21)19-14-8-17-20(10-14)9-12-5-4-6-13(16)7-12/h4-8,10-11H,3,9H2,1-2H3,(H2,18,19,21). The first-order chi connectivity index (χ1) is 10.1. The summed E-state index contributed by atoms with van der Waals surface area (Å²) in [5, 5.41) is 11.1. The van der Waals surface area contributed by atoms with Crippen LogP contribution in [0.15, 0.2) is 36.7 Å². The minimum absolute atomic E-state index is 0.239. The lowest BCUT2D eigenvalue weighted by Crippen LogP contribution is -2.35. The summed E-state index contributed by atoms with van der Waals surface area (Å²) in [6, 6.07) is 6.82. The van der Waals surface area contributed by atoms with Crippen molar-refractivity contribution < 1.29 is 4.39 Å². The van der Waals surface area contributed by atoms with Crippen molar-refractivity contribution in [2.45, 2.75) is 32.9 Å². The fraction of sp³-hybridized carbons (Fsp3) is 0.333. The van der Waals surface area contributed by atoms with E-state index in [1.54, 1.807) is 16.9 Å². The average molecular weight is 306 g/mol. The van der Waals surface area contributed by atoms with Crippen LogP contribution in [0.25, 0.3) is 0 Å². The SMILES string of the molecule is CCC(C)NC(=S)Nc1cnn(Cc2cccc(F)c2)c1. The van der Waals surface area contributed by atoms with Gasteiger partial charge in [-0.25, -0.2) is 4.39 Å². The maximum atomic E-state index is 13.1. The maximum absolute atomic E-state index is 13.1. The van der Waals surface area contributed by atoms with Crippen molar-refractivity contribution in [2.24, 2.45) is 0 Å². The molecule has 0 spiro atoms. The molecule has 112 valence electrons. The van der Waals surface area contributed by atoms with E-state index < -0.39 is 0 Å². The van der Waals surface area contributed by atoms with Crippen molar-refractivity contribution in [2.75, 3.05) is 5.32 Å². The molecule has 0 aliphatic heterocycles. The highest BCUT2D eigenvalue weighted by Gasteiger charge is 2.04. The van der Waals surface area contributed by atoms with Gasteiger partial charge in [-0.3, -0.25) is 4.68 Å². The number of nitrogens with one attached hydrogen (secondary N) is 2. The molecule has 2 rings (SSSR count). The van der Waals surface area contributed by atoms with Crippen LogP contribution in [0, 0.1) is 5.82 Å². The van der Waals surface area contributed by atoms with E-state index >= 15 is 0 Å². The molecular weight excluding hydrogens is 287 g/mol. The number of nitrogens with zero attached hydrogens (tertiary/aromatic N) is 2. The molecule has 1 atom stereocenters. The molecule has 1 heterocycles. The maximum Gasteiger partial charge on any atom is 0.171 e. The minimum Gasteiger partial charge on any atom is -0.360 e. The second kappa shape index (κ2) is 7.17. The molecule has 0 aliphatic rings. The normalized spacial score (nSPS) is 12.0. The highest BCUT2D eigenvalue weighted by Crippen LogP contribution is 2.09. The Hall–Kier alpha value is -1.95. The molecule has 2 aromatic rings. The van der Waals surface area contributed by atoms with Gasteiger partial charge in [-0.05, 0) is 43.3 Å². The van der Waals surface area contributed by atoms with Crippen molar-refractivity contribution in [1.29, 1.82) is 0 Å². The van der Waals surface area contributed by atoms with Crippen LogP contribution in [-0.4, -0.2) is 20.9 Å². The fourth-order valence-electron chi connectivity index (χ4n) is 1.83. The van der Waals surface area contributed by atoms with Gasteiger partial charge in [0, 0.05) is 12.2 Å². The average Bonchev–Trinajstić information content (AvgIpc) is 2.85. The summed E-state index contributed by atoms with van der Waals surface area (Å²) < 4.78 is 14.9. The van der Waals surface area contributed by atoms with Crippen LogP contribution < -0.4 is 10.6 Å². The highest BCUT2D eigenvalue weighted by molar-refractivity contribution is 7.80. The van der Waals surface area contributed by atoms with Crippen molar-refractivity contribution in [3.8, 4) is 0 Å². The summed E-state index contributed by atoms with van der Waals surface area (Å²) in [5.41, 5.74) is 1.68. The predicted octanol–water partition coefficient (Wildman–Crippen LogP) is 3.16. The topological polar surface area (TPSA) is 41.9 Å². The summed E-state index contributed by atoms with van der Waals surface area (Å²) in [7, 11) is 0. The number of thiocarbonyl (C=S) groups is 1. The van der Waals surface area contributed by atoms with E-state index in [0.717, 1.165) is 17.7 Å². The lowest BCUT2D eigenvalue weighted by atomic mass is 10.2. The summed E-state index contributed by atoms with van der Waals surface area (Å²) >= 11 is 5.23. The molecule has 0 saturated carbocycles. The van der Waals surface area contributed by atoms with E-state index in [0.29, 0.717) is 17.7 Å². The van der Waals surface area contributed by atoms with Gasteiger partial charge in [-0.1, -0.05) is 19.1 Å². The number of hydrogen-bond acceptors (Lipinski definition) is 2. The molecule has 0 radical (unpaired) electrons. The van der Waals surface area contributed by atoms with E-state index in [2.05, 4.69) is 29.6 Å². The Balaban J connectivity index is 1.94. The third-order valence-electron chi connectivity index (χ3n) is 3.11. The Labute approximate surface area is 129 Å². The largest absolute Gasteiger partial charge is 0.360 e. The van der Waals surface area contributed by atoms with Crippen LogP contribution in [0.1, 0.15) is 25.8 Å². The Morgan fingerprint density at radius 1 is 1.48 bits per heavy atom. The van der Waals surface area contributed by atoms with Gasteiger partial charge in [0.2, 0.25) is 0 Å². The van der Waals surface area contributed by atoms with E-state index in [1.165, 1.54) is 12.1 Å². The third-order valence-corrected chi connectivity index (χ3v) is 3.33. The van der Waals surface area contributed by atoms with E-state index in [9.17, 15) is 4.39 Å². The molecule has 0 aliphatic carbocycles. The lowest BCUT2D eigenvalue weighted by molar-refractivity contribution is 0.619. The summed E-state index contributed by atoms with van der Waals surface area (Å²) in [4.78, 5) is 0. The zero-order chi connectivity index (χ0) is 15.2. The fourth-order valence-corrected chi connectivity index (χ4v) is 2.15. The first-order valence-electron chi connectivity index (χ1n) is 6.91. The quantitative estimate of drug-likeness (QED) is 0.833. The Morgan fingerprint density at radius 2 is 2.29 bits per heavy atom. The number of hydrogen-bond donors (Lipinski definition) is 2. The van der Waals surface area contributed by atoms with Crippen LogP contribution in [-0.2, 0) is 6.54 Å². The molecule has 4 nitrogen and oxygen atoms in total. The molecule has 2 N–H and O–H groups in total. The van der Waals surface area contributed by atoms with Crippen molar-refractivity contribution in [1.82, 2.24) is 15.1 Å². The minimum atomic E-state index is -0.239. The van der Waals surface area contributed by atoms with Crippen LogP contribution >= 0.6 is 12.2 Å². The van der Waals surface area contributed by atoms with Crippen molar-refractivity contribution in [3.05, 3.63) is 48.0 Å². The van der Waals surface area contributed by atoms with Crippen molar-refractivity contribution >= 4 is 23.0 Å². The first kappa shape index (κ1) is 15.4. The monoisotopic (exact) mass is 306 g/mol.